The van der Waals surface area contributed by atoms with Gasteiger partial charge in [-0.05, 0) is 29.8 Å². The molecule has 1 aromatic carbocycles. The van der Waals surface area contributed by atoms with E-state index in [1.54, 1.807) is 11.1 Å². The molecule has 0 atom stereocenters. The van der Waals surface area contributed by atoms with Gasteiger partial charge in [0.25, 0.3) is 0 Å². The second-order valence-corrected chi connectivity index (χ2v) is 7.72. The van der Waals surface area contributed by atoms with Crippen molar-refractivity contribution in [2.24, 2.45) is 7.05 Å². The van der Waals surface area contributed by atoms with Crippen LogP contribution in [0.2, 0.25) is 0 Å². The largest absolute Gasteiger partial charge is 0.482 e. The van der Waals surface area contributed by atoms with Crippen LogP contribution < -0.4 is 10.1 Å². The molecule has 0 aliphatic carbocycles. The van der Waals surface area contributed by atoms with Crippen LogP contribution in [0.25, 0.3) is 11.0 Å². The second-order valence-electron chi connectivity index (χ2n) is 7.72. The molecule has 4 heterocycles. The highest BCUT2D eigenvalue weighted by Gasteiger charge is 2.51. The number of nitrogens with one attached hydrogen (secondary N) is 1. The Bertz CT molecular complexity index is 1150. The molecule has 1 spiro atoms. The number of rotatable bonds is 2. The molecule has 0 unspecified atom stereocenters. The number of aryl methyl sites for hydroxylation is 1. The summed E-state index contributed by atoms with van der Waals surface area (Å²) in [5.74, 6) is -0.288. The van der Waals surface area contributed by atoms with E-state index in [1.807, 2.05) is 29.9 Å². The highest BCUT2D eigenvalue weighted by atomic mass is 19.1. The van der Waals surface area contributed by atoms with E-state index >= 15 is 0 Å². The molecular formula is C21H19FN4O3. The minimum absolute atomic E-state index is 0.0893. The lowest BCUT2D eigenvalue weighted by Crippen LogP contribution is -2.69. The minimum atomic E-state index is -0.764. The first-order valence-corrected chi connectivity index (χ1v) is 9.37. The fourth-order valence-corrected chi connectivity index (χ4v) is 4.02. The molecule has 29 heavy (non-hydrogen) atoms. The van der Waals surface area contributed by atoms with Crippen LogP contribution >= 0.6 is 0 Å². The number of hydrogen-bond donors (Lipinski definition) is 1. The first kappa shape index (κ1) is 17.7. The monoisotopic (exact) mass is 394 g/mol. The Hall–Kier alpha value is -3.42. The number of ketones is 1. The summed E-state index contributed by atoms with van der Waals surface area (Å²) in [4.78, 5) is 30.8. The molecule has 0 saturated carbocycles. The van der Waals surface area contributed by atoms with Gasteiger partial charge >= 0.3 is 6.03 Å². The van der Waals surface area contributed by atoms with Crippen molar-refractivity contribution in [1.82, 2.24) is 19.8 Å². The Morgan fingerprint density at radius 2 is 2.14 bits per heavy atom. The number of halogens is 1. The van der Waals surface area contributed by atoms with Gasteiger partial charge in [-0.1, -0.05) is 0 Å². The van der Waals surface area contributed by atoms with Gasteiger partial charge in [-0.25, -0.2) is 14.2 Å². The van der Waals surface area contributed by atoms with Crippen molar-refractivity contribution in [2.75, 3.05) is 13.1 Å². The number of amides is 2. The highest BCUT2D eigenvalue weighted by molar-refractivity contribution is 6.00. The molecule has 2 aliphatic heterocycles. The van der Waals surface area contributed by atoms with Crippen molar-refractivity contribution in [3.63, 3.8) is 0 Å². The van der Waals surface area contributed by atoms with E-state index in [4.69, 9.17) is 4.74 Å². The Kier molecular flexibility index (Phi) is 3.84. The molecule has 0 bridgehead atoms. The number of carbonyl (C=O) groups is 2. The summed E-state index contributed by atoms with van der Waals surface area (Å²) in [6, 6.07) is 7.66. The fourth-order valence-electron chi connectivity index (χ4n) is 4.02. The predicted octanol–water partition coefficient (Wildman–Crippen LogP) is 2.64. The molecule has 7 nitrogen and oxygen atoms in total. The van der Waals surface area contributed by atoms with Gasteiger partial charge in [-0.2, -0.15) is 0 Å². The summed E-state index contributed by atoms with van der Waals surface area (Å²) in [6.07, 6.45) is 3.87. The Morgan fingerprint density at radius 1 is 1.31 bits per heavy atom. The second kappa shape index (κ2) is 6.30. The molecule has 2 amide bonds. The molecule has 2 aliphatic rings. The van der Waals surface area contributed by atoms with E-state index < -0.39 is 11.4 Å². The summed E-state index contributed by atoms with van der Waals surface area (Å²) >= 11 is 0. The lowest BCUT2D eigenvalue weighted by molar-refractivity contribution is -0.0598. The third kappa shape index (κ3) is 3.00. The van der Waals surface area contributed by atoms with Gasteiger partial charge < -0.3 is 19.5 Å². The molecular weight excluding hydrogens is 375 g/mol. The van der Waals surface area contributed by atoms with E-state index in [1.165, 1.54) is 18.2 Å². The molecule has 148 valence electrons. The van der Waals surface area contributed by atoms with Crippen LogP contribution in [0.1, 0.15) is 22.3 Å². The maximum absolute atomic E-state index is 13.5. The highest BCUT2D eigenvalue weighted by Crippen LogP contribution is 2.39. The van der Waals surface area contributed by atoms with E-state index in [9.17, 15) is 14.0 Å². The summed E-state index contributed by atoms with van der Waals surface area (Å²) in [5, 5.41) is 3.89. The van der Waals surface area contributed by atoms with Crippen molar-refractivity contribution in [2.45, 2.75) is 18.6 Å². The Balaban J connectivity index is 1.21. The normalized spacial score (nSPS) is 17.0. The SMILES string of the molecule is Cn1ccc2cc(CNC(=O)N3CC4(CC(=O)c5ccc(F)cc5O4)C3)cnc21. The van der Waals surface area contributed by atoms with Crippen molar-refractivity contribution in [3.05, 3.63) is 59.7 Å². The number of pyridine rings is 1. The van der Waals surface area contributed by atoms with E-state index in [0.717, 1.165) is 16.6 Å². The molecule has 1 N–H and O–H groups in total. The molecule has 8 heteroatoms. The fraction of sp³-hybridized carbons (Fsp3) is 0.286. The van der Waals surface area contributed by atoms with E-state index in [2.05, 4.69) is 10.3 Å². The number of carbonyl (C=O) groups excluding carboxylic acids is 2. The quantitative estimate of drug-likeness (QED) is 0.725. The molecule has 1 fully saturated rings. The van der Waals surface area contributed by atoms with Gasteiger partial charge in [-0.3, -0.25) is 4.79 Å². The van der Waals surface area contributed by atoms with Crippen LogP contribution in [-0.2, 0) is 13.6 Å². The zero-order valence-electron chi connectivity index (χ0n) is 15.8. The number of ether oxygens (including phenoxy) is 1. The molecule has 3 aromatic rings. The number of Topliss-reactive ketones (excluding diaryl/α,β-unsaturated/α-hetero) is 1. The number of hydrogen-bond acceptors (Lipinski definition) is 4. The van der Waals surface area contributed by atoms with Crippen molar-refractivity contribution >= 4 is 22.8 Å². The van der Waals surface area contributed by atoms with Crippen LogP contribution in [0.15, 0.2) is 42.7 Å². The van der Waals surface area contributed by atoms with Crippen LogP contribution in [-0.4, -0.2) is 45.0 Å². The van der Waals surface area contributed by atoms with Crippen molar-refractivity contribution in [3.8, 4) is 5.75 Å². The van der Waals surface area contributed by atoms with Crippen molar-refractivity contribution in [1.29, 1.82) is 0 Å². The molecule has 5 rings (SSSR count). The zero-order chi connectivity index (χ0) is 20.2. The third-order valence-electron chi connectivity index (χ3n) is 5.51. The average molecular weight is 394 g/mol. The van der Waals surface area contributed by atoms with Gasteiger partial charge in [0.05, 0.1) is 25.1 Å². The van der Waals surface area contributed by atoms with E-state index in [0.29, 0.717) is 12.1 Å². The lowest BCUT2D eigenvalue weighted by atomic mass is 9.84. The average Bonchev–Trinajstić information content (AvgIpc) is 3.04. The minimum Gasteiger partial charge on any atom is -0.482 e. The van der Waals surface area contributed by atoms with Crippen LogP contribution in [0.4, 0.5) is 9.18 Å². The predicted molar refractivity (Wildman–Crippen MR) is 103 cm³/mol. The Morgan fingerprint density at radius 3 is 2.97 bits per heavy atom. The lowest BCUT2D eigenvalue weighted by Gasteiger charge is -2.50. The van der Waals surface area contributed by atoms with Gasteiger partial charge in [0.1, 0.15) is 17.2 Å². The number of urea groups is 1. The standard InChI is InChI=1S/C21H19FN4O3/c1-25-5-4-14-6-13(9-23-19(14)25)10-24-20(28)26-11-21(12-26)8-17(27)16-3-2-15(22)7-18(16)29-21/h2-7,9H,8,10-12H2,1H3,(H,24,28). The zero-order valence-corrected chi connectivity index (χ0v) is 15.8. The van der Waals surface area contributed by atoms with Crippen molar-refractivity contribution < 1.29 is 18.7 Å². The smallest absolute Gasteiger partial charge is 0.317 e. The maximum Gasteiger partial charge on any atom is 0.317 e. The first-order valence-electron chi connectivity index (χ1n) is 9.37. The number of aromatic nitrogens is 2. The summed E-state index contributed by atoms with van der Waals surface area (Å²) in [7, 11) is 1.93. The molecule has 2 aromatic heterocycles. The van der Waals surface area contributed by atoms with Gasteiger partial charge in [0, 0.05) is 37.4 Å². The summed E-state index contributed by atoms with van der Waals surface area (Å²) in [5.41, 5.74) is 1.42. The molecule has 0 radical (unpaired) electrons. The number of fused-ring (bicyclic) bond motifs is 2. The number of benzene rings is 1. The number of likely N-dealkylation sites (tertiary alicyclic amines) is 1. The van der Waals surface area contributed by atoms with Crippen LogP contribution in [0.5, 0.6) is 5.75 Å². The first-order chi connectivity index (χ1) is 13.9. The third-order valence-corrected chi connectivity index (χ3v) is 5.51. The van der Waals surface area contributed by atoms with Gasteiger partial charge in [-0.15, -0.1) is 0 Å². The van der Waals surface area contributed by atoms with Gasteiger partial charge in [0.15, 0.2) is 11.4 Å². The van der Waals surface area contributed by atoms with Gasteiger partial charge in [0.2, 0.25) is 0 Å². The number of nitrogens with zero attached hydrogens (tertiary/aromatic N) is 3. The molecule has 1 saturated heterocycles. The topological polar surface area (TPSA) is 76.5 Å². The summed E-state index contributed by atoms with van der Waals surface area (Å²) < 4.78 is 21.3. The maximum atomic E-state index is 13.5. The van der Waals surface area contributed by atoms with E-state index in [-0.39, 0.29) is 37.1 Å². The van der Waals surface area contributed by atoms with Crippen LogP contribution in [0, 0.1) is 5.82 Å². The van der Waals surface area contributed by atoms with Crippen LogP contribution in [0.3, 0.4) is 0 Å². The Labute approximate surface area is 166 Å². The summed E-state index contributed by atoms with van der Waals surface area (Å²) in [6.45, 7) is 0.932.